The van der Waals surface area contributed by atoms with Crippen molar-refractivity contribution in [2.45, 2.75) is 26.9 Å². The molecular weight excluding hydrogens is 252 g/mol. The molecule has 2 rings (SSSR count). The van der Waals surface area contributed by atoms with Gasteiger partial charge in [0.1, 0.15) is 0 Å². The van der Waals surface area contributed by atoms with Crippen LogP contribution in [0.1, 0.15) is 19.4 Å². The van der Waals surface area contributed by atoms with Gasteiger partial charge in [-0.05, 0) is 36.4 Å². The minimum absolute atomic E-state index is 0.699. The van der Waals surface area contributed by atoms with Crippen molar-refractivity contribution in [3.63, 3.8) is 0 Å². The number of hydrogen-bond donors (Lipinski definition) is 1. The molecule has 0 bridgehead atoms. The van der Waals surface area contributed by atoms with E-state index in [4.69, 9.17) is 0 Å². The molecular formula is C16H24N2S. The lowest BCUT2D eigenvalue weighted by molar-refractivity contribution is 0.553. The largest absolute Gasteiger partial charge is 0.347 e. The summed E-state index contributed by atoms with van der Waals surface area (Å²) < 4.78 is 2.36. The van der Waals surface area contributed by atoms with E-state index in [1.807, 2.05) is 11.8 Å². The highest BCUT2D eigenvalue weighted by atomic mass is 32.2. The summed E-state index contributed by atoms with van der Waals surface area (Å²) in [4.78, 5) is 0. The van der Waals surface area contributed by atoms with Gasteiger partial charge in [0.05, 0.1) is 0 Å². The Morgan fingerprint density at radius 1 is 1.26 bits per heavy atom. The van der Waals surface area contributed by atoms with Crippen molar-refractivity contribution < 1.29 is 0 Å². The Hall–Kier alpha value is -0.930. The number of hydrogen-bond acceptors (Lipinski definition) is 2. The fourth-order valence-corrected chi connectivity index (χ4v) is 2.70. The van der Waals surface area contributed by atoms with E-state index in [0.29, 0.717) is 5.92 Å². The van der Waals surface area contributed by atoms with Gasteiger partial charge in [0.2, 0.25) is 0 Å². The average molecular weight is 276 g/mol. The zero-order valence-corrected chi connectivity index (χ0v) is 13.0. The molecule has 1 aromatic heterocycles. The van der Waals surface area contributed by atoms with Gasteiger partial charge in [0.25, 0.3) is 0 Å². The third-order valence-corrected chi connectivity index (χ3v) is 3.90. The van der Waals surface area contributed by atoms with Crippen LogP contribution in [0.5, 0.6) is 0 Å². The highest BCUT2D eigenvalue weighted by Gasteiger charge is 2.05. The summed E-state index contributed by atoms with van der Waals surface area (Å²) in [5, 5.41) is 4.92. The predicted octanol–water partition coefficient (Wildman–Crippen LogP) is 3.75. The first-order chi connectivity index (χ1) is 9.22. The molecule has 0 spiro atoms. The third-order valence-electron chi connectivity index (χ3n) is 3.31. The number of benzene rings is 1. The van der Waals surface area contributed by atoms with Crippen LogP contribution in [0.2, 0.25) is 0 Å². The van der Waals surface area contributed by atoms with Crippen LogP contribution in [0.25, 0.3) is 10.9 Å². The molecule has 0 unspecified atom stereocenters. The SMILES string of the molecule is CSCCn1ccc2c(CNCC(C)C)cccc21. The predicted molar refractivity (Wildman–Crippen MR) is 86.9 cm³/mol. The molecule has 0 saturated carbocycles. The maximum absolute atomic E-state index is 3.53. The summed E-state index contributed by atoms with van der Waals surface area (Å²) in [6.07, 6.45) is 4.37. The van der Waals surface area contributed by atoms with E-state index < -0.39 is 0 Å². The lowest BCUT2D eigenvalue weighted by Crippen LogP contribution is -2.19. The van der Waals surface area contributed by atoms with E-state index in [9.17, 15) is 0 Å². The van der Waals surface area contributed by atoms with E-state index in [0.717, 1.165) is 19.6 Å². The second-order valence-corrected chi connectivity index (χ2v) is 6.36. The van der Waals surface area contributed by atoms with Crippen molar-refractivity contribution in [3.8, 4) is 0 Å². The molecule has 2 aromatic rings. The van der Waals surface area contributed by atoms with Gasteiger partial charge in [-0.2, -0.15) is 11.8 Å². The second-order valence-electron chi connectivity index (χ2n) is 5.38. The number of nitrogens with one attached hydrogen (secondary N) is 1. The maximum atomic E-state index is 3.53. The van der Waals surface area contributed by atoms with Crippen LogP contribution in [0.15, 0.2) is 30.5 Å². The van der Waals surface area contributed by atoms with Crippen molar-refractivity contribution in [3.05, 3.63) is 36.0 Å². The molecule has 0 aliphatic rings. The van der Waals surface area contributed by atoms with Crippen LogP contribution < -0.4 is 5.32 Å². The maximum Gasteiger partial charge on any atom is 0.0483 e. The van der Waals surface area contributed by atoms with Gasteiger partial charge in [-0.1, -0.05) is 26.0 Å². The van der Waals surface area contributed by atoms with Crippen LogP contribution in [-0.2, 0) is 13.1 Å². The zero-order chi connectivity index (χ0) is 13.7. The van der Waals surface area contributed by atoms with E-state index in [2.05, 4.69) is 60.4 Å². The lowest BCUT2D eigenvalue weighted by Gasteiger charge is -2.09. The van der Waals surface area contributed by atoms with E-state index in [-0.39, 0.29) is 0 Å². The van der Waals surface area contributed by atoms with Crippen molar-refractivity contribution in [2.75, 3.05) is 18.6 Å². The zero-order valence-electron chi connectivity index (χ0n) is 12.1. The van der Waals surface area contributed by atoms with Gasteiger partial charge in [-0.3, -0.25) is 0 Å². The Morgan fingerprint density at radius 2 is 2.11 bits per heavy atom. The molecule has 19 heavy (non-hydrogen) atoms. The highest BCUT2D eigenvalue weighted by Crippen LogP contribution is 2.20. The summed E-state index contributed by atoms with van der Waals surface area (Å²) in [6.45, 7) is 7.61. The van der Waals surface area contributed by atoms with Gasteiger partial charge < -0.3 is 9.88 Å². The van der Waals surface area contributed by atoms with Crippen LogP contribution in [0, 0.1) is 5.92 Å². The molecule has 2 nitrogen and oxygen atoms in total. The first-order valence-electron chi connectivity index (χ1n) is 6.98. The van der Waals surface area contributed by atoms with Gasteiger partial charge >= 0.3 is 0 Å². The van der Waals surface area contributed by atoms with Crippen molar-refractivity contribution in [2.24, 2.45) is 5.92 Å². The van der Waals surface area contributed by atoms with Crippen LogP contribution in [0.3, 0.4) is 0 Å². The Kier molecular flexibility index (Phi) is 5.34. The molecule has 1 N–H and O–H groups in total. The van der Waals surface area contributed by atoms with Crippen molar-refractivity contribution >= 4 is 22.7 Å². The number of fused-ring (bicyclic) bond motifs is 1. The smallest absolute Gasteiger partial charge is 0.0483 e. The van der Waals surface area contributed by atoms with Crippen molar-refractivity contribution in [1.29, 1.82) is 0 Å². The molecule has 0 amide bonds. The van der Waals surface area contributed by atoms with Crippen LogP contribution in [0.4, 0.5) is 0 Å². The molecule has 0 radical (unpaired) electrons. The molecule has 104 valence electrons. The fourth-order valence-electron chi connectivity index (χ4n) is 2.32. The Balaban J connectivity index is 2.14. The Labute approximate surface area is 120 Å². The minimum Gasteiger partial charge on any atom is -0.347 e. The topological polar surface area (TPSA) is 17.0 Å². The number of aryl methyl sites for hydroxylation is 1. The summed E-state index contributed by atoms with van der Waals surface area (Å²) in [6, 6.07) is 8.88. The average Bonchev–Trinajstić information content (AvgIpc) is 2.80. The molecule has 0 aliphatic carbocycles. The number of aromatic nitrogens is 1. The summed E-state index contributed by atoms with van der Waals surface area (Å²) >= 11 is 1.90. The highest BCUT2D eigenvalue weighted by molar-refractivity contribution is 7.98. The van der Waals surface area contributed by atoms with Gasteiger partial charge in [-0.15, -0.1) is 0 Å². The summed E-state index contributed by atoms with van der Waals surface area (Å²) in [5.41, 5.74) is 2.76. The van der Waals surface area contributed by atoms with E-state index in [1.54, 1.807) is 0 Å². The molecule has 1 heterocycles. The Morgan fingerprint density at radius 3 is 2.84 bits per heavy atom. The number of rotatable bonds is 7. The fraction of sp³-hybridized carbons (Fsp3) is 0.500. The van der Waals surface area contributed by atoms with Gasteiger partial charge in [-0.25, -0.2) is 0 Å². The first kappa shape index (κ1) is 14.5. The number of thioether (sulfide) groups is 1. The quantitative estimate of drug-likeness (QED) is 0.829. The lowest BCUT2D eigenvalue weighted by atomic mass is 10.1. The summed E-state index contributed by atoms with van der Waals surface area (Å²) in [7, 11) is 0. The van der Waals surface area contributed by atoms with Crippen LogP contribution >= 0.6 is 11.8 Å². The monoisotopic (exact) mass is 276 g/mol. The van der Waals surface area contributed by atoms with E-state index in [1.165, 1.54) is 22.2 Å². The van der Waals surface area contributed by atoms with Crippen LogP contribution in [-0.4, -0.2) is 23.1 Å². The molecule has 0 atom stereocenters. The minimum atomic E-state index is 0.699. The van der Waals surface area contributed by atoms with E-state index >= 15 is 0 Å². The number of nitrogens with zero attached hydrogens (tertiary/aromatic N) is 1. The standard InChI is InChI=1S/C16H24N2S/c1-13(2)11-17-12-14-5-4-6-16-15(14)7-8-18(16)9-10-19-3/h4-8,13,17H,9-12H2,1-3H3. The molecule has 0 fully saturated rings. The van der Waals surface area contributed by atoms with Gasteiger partial charge in [0.15, 0.2) is 0 Å². The van der Waals surface area contributed by atoms with Crippen molar-refractivity contribution in [1.82, 2.24) is 9.88 Å². The summed E-state index contributed by atoms with van der Waals surface area (Å²) in [5.74, 6) is 1.87. The third kappa shape index (κ3) is 3.77. The molecule has 3 heteroatoms. The molecule has 0 saturated heterocycles. The molecule has 0 aliphatic heterocycles. The normalized spacial score (nSPS) is 11.6. The van der Waals surface area contributed by atoms with Gasteiger partial charge in [0, 0.05) is 35.9 Å². The Bertz CT molecular complexity index is 516. The molecule has 1 aromatic carbocycles. The second kappa shape index (κ2) is 7.01. The first-order valence-corrected chi connectivity index (χ1v) is 8.38.